The molecule has 2 aliphatic heterocycles. The van der Waals surface area contributed by atoms with Crippen molar-refractivity contribution in [3.63, 3.8) is 0 Å². The van der Waals surface area contributed by atoms with Crippen LogP contribution >= 0.6 is 0 Å². The fourth-order valence-electron chi connectivity index (χ4n) is 6.74. The first-order chi connectivity index (χ1) is 18.5. The van der Waals surface area contributed by atoms with Gasteiger partial charge in [0, 0.05) is 36.0 Å². The average molecular weight is 513 g/mol. The summed E-state index contributed by atoms with van der Waals surface area (Å²) in [4.78, 5) is 41.1. The van der Waals surface area contributed by atoms with Gasteiger partial charge in [-0.05, 0) is 55.2 Å². The van der Waals surface area contributed by atoms with Gasteiger partial charge in [-0.25, -0.2) is 4.79 Å². The Morgan fingerprint density at radius 1 is 0.895 bits per heavy atom. The van der Waals surface area contributed by atoms with Crippen LogP contribution in [0.5, 0.6) is 0 Å². The number of likely N-dealkylation sites (tertiary alicyclic amines) is 1. The highest BCUT2D eigenvalue weighted by Crippen LogP contribution is 2.52. The topological polar surface area (TPSA) is 104 Å². The fraction of sp³-hybridized carbons (Fsp3) is 0.367. The highest BCUT2D eigenvalue weighted by Gasteiger charge is 2.49. The second-order valence-electron chi connectivity index (χ2n) is 10.6. The lowest BCUT2D eigenvalue weighted by Crippen LogP contribution is -2.50. The number of fused-ring (bicyclic) bond motifs is 3. The van der Waals surface area contributed by atoms with Gasteiger partial charge in [-0.1, -0.05) is 49.2 Å². The predicted octanol–water partition coefficient (Wildman–Crippen LogP) is 5.06. The Morgan fingerprint density at radius 3 is 2.47 bits per heavy atom. The zero-order valence-electron chi connectivity index (χ0n) is 21.1. The summed E-state index contributed by atoms with van der Waals surface area (Å²) in [7, 11) is 0. The molecule has 5 atom stereocenters. The minimum absolute atomic E-state index is 0.0304. The van der Waals surface area contributed by atoms with Crippen molar-refractivity contribution in [1.82, 2.24) is 14.8 Å². The summed E-state index contributed by atoms with van der Waals surface area (Å²) in [6.45, 7) is 0.602. The molecule has 2 amide bonds. The van der Waals surface area contributed by atoms with Gasteiger partial charge in [0.1, 0.15) is 0 Å². The molecule has 1 saturated heterocycles. The molecule has 1 aliphatic carbocycles. The van der Waals surface area contributed by atoms with Crippen LogP contribution in [0.4, 0.5) is 10.5 Å². The van der Waals surface area contributed by atoms with Crippen molar-refractivity contribution in [3.05, 3.63) is 89.7 Å². The second-order valence-corrected chi connectivity index (χ2v) is 10.6. The Bertz CT molecular complexity index is 1350. The van der Waals surface area contributed by atoms with E-state index in [0.717, 1.165) is 43.4 Å². The summed E-state index contributed by atoms with van der Waals surface area (Å²) in [5.41, 5.74) is 3.27. The van der Waals surface area contributed by atoms with E-state index in [1.165, 1.54) is 4.57 Å². The number of benzene rings is 2. The molecule has 1 aromatic heterocycles. The van der Waals surface area contributed by atoms with E-state index in [-0.39, 0.29) is 41.8 Å². The van der Waals surface area contributed by atoms with E-state index in [2.05, 4.69) is 16.7 Å². The smallest absolute Gasteiger partial charge is 0.415 e. The van der Waals surface area contributed by atoms with Gasteiger partial charge in [-0.3, -0.25) is 14.2 Å². The van der Waals surface area contributed by atoms with Crippen LogP contribution in [0.3, 0.4) is 0 Å². The van der Waals surface area contributed by atoms with Crippen LogP contribution in [-0.4, -0.2) is 45.1 Å². The molecule has 0 spiro atoms. The minimum Gasteiger partial charge on any atom is -0.464 e. The Hall–Kier alpha value is -4.07. The third kappa shape index (κ3) is 4.23. The number of carbonyl (C=O) groups excluding carboxylic acids is 2. The maximum absolute atomic E-state index is 14.2. The Morgan fingerprint density at radius 2 is 1.66 bits per heavy atom. The molecule has 3 heterocycles. The van der Waals surface area contributed by atoms with Gasteiger partial charge in [0.2, 0.25) is 5.91 Å². The average Bonchev–Trinajstić information content (AvgIpc) is 3.61. The lowest BCUT2D eigenvalue weighted by molar-refractivity contribution is -0.138. The number of hydrogen-bond acceptors (Lipinski definition) is 4. The van der Waals surface area contributed by atoms with E-state index in [0.29, 0.717) is 17.8 Å². The molecule has 2 aromatic carbocycles. The molecule has 0 unspecified atom stereocenters. The van der Waals surface area contributed by atoms with Gasteiger partial charge in [0.05, 0.1) is 23.7 Å². The molecule has 0 bridgehead atoms. The van der Waals surface area contributed by atoms with E-state index in [1.807, 2.05) is 47.4 Å². The number of nitrogens with one attached hydrogen (secondary N) is 2. The fourth-order valence-corrected chi connectivity index (χ4v) is 6.74. The van der Waals surface area contributed by atoms with Crippen molar-refractivity contribution < 1.29 is 19.5 Å². The molecular weight excluding hydrogens is 480 g/mol. The van der Waals surface area contributed by atoms with Crippen LogP contribution in [0, 0.1) is 11.8 Å². The number of aromatic nitrogens is 1. The first kappa shape index (κ1) is 24.3. The standard InChI is InChI=1S/C30H32N4O4/c35-28(19-9-2-1-3-10-19)32-24-14-7-5-12-21(24)29(36)34-18-16-22-26(25-15-8-17-33(25)30(37)38)31-23-13-6-4-11-20(23)27(22)34/h1-4,6,8-11,13,15,17,21-22,24,26-27,31H,5,7,12,14,16,18H2,(H,32,35)(H,37,38)/t21-,22+,24+,26+,27-/m0/s1. The number of carboxylic acid groups (broad SMARTS) is 1. The molecular formula is C30H32N4O4. The van der Waals surface area contributed by atoms with Crippen molar-refractivity contribution in [2.45, 2.75) is 50.2 Å². The van der Waals surface area contributed by atoms with Gasteiger partial charge >= 0.3 is 6.09 Å². The highest BCUT2D eigenvalue weighted by molar-refractivity contribution is 5.95. The van der Waals surface area contributed by atoms with Crippen LogP contribution in [-0.2, 0) is 4.79 Å². The zero-order chi connectivity index (χ0) is 26.2. The van der Waals surface area contributed by atoms with Crippen LogP contribution in [0.1, 0.15) is 65.8 Å². The summed E-state index contributed by atoms with van der Waals surface area (Å²) in [6.07, 6.45) is 4.78. The molecule has 196 valence electrons. The van der Waals surface area contributed by atoms with Gasteiger partial charge < -0.3 is 20.6 Å². The molecule has 3 N–H and O–H groups in total. The number of hydrogen-bond donors (Lipinski definition) is 3. The molecule has 8 nitrogen and oxygen atoms in total. The number of nitrogens with zero attached hydrogens (tertiary/aromatic N) is 2. The SMILES string of the molecule is O=C(N[C@@H]1CCCC[C@@H]1C(=O)N1CC[C@@H]2[C@H](c3cccn3C(=O)O)Nc3ccccc3[C@@H]21)c1ccccc1. The van der Waals surface area contributed by atoms with Crippen molar-refractivity contribution in [3.8, 4) is 0 Å². The summed E-state index contributed by atoms with van der Waals surface area (Å²) in [6, 6.07) is 20.1. The minimum atomic E-state index is -1.02. The van der Waals surface area contributed by atoms with Gasteiger partial charge in [0.25, 0.3) is 5.91 Å². The summed E-state index contributed by atoms with van der Waals surface area (Å²) in [5.74, 6) is -0.308. The van der Waals surface area contributed by atoms with Crippen LogP contribution in [0.25, 0.3) is 0 Å². The maximum Gasteiger partial charge on any atom is 0.415 e. The van der Waals surface area contributed by atoms with Gasteiger partial charge in [-0.2, -0.15) is 0 Å². The monoisotopic (exact) mass is 512 g/mol. The molecule has 1 saturated carbocycles. The van der Waals surface area contributed by atoms with Crippen molar-refractivity contribution >= 4 is 23.6 Å². The molecule has 3 aliphatic rings. The van der Waals surface area contributed by atoms with Crippen molar-refractivity contribution in [2.75, 3.05) is 11.9 Å². The number of anilines is 1. The van der Waals surface area contributed by atoms with E-state index in [9.17, 15) is 19.5 Å². The quantitative estimate of drug-likeness (QED) is 0.453. The largest absolute Gasteiger partial charge is 0.464 e. The highest BCUT2D eigenvalue weighted by atomic mass is 16.4. The Labute approximate surface area is 221 Å². The third-order valence-electron chi connectivity index (χ3n) is 8.49. The van der Waals surface area contributed by atoms with E-state index < -0.39 is 6.09 Å². The summed E-state index contributed by atoms with van der Waals surface area (Å²) >= 11 is 0. The molecule has 0 radical (unpaired) electrons. The Kier molecular flexibility index (Phi) is 6.39. The number of para-hydroxylation sites is 1. The van der Waals surface area contributed by atoms with Crippen LogP contribution in [0.15, 0.2) is 72.9 Å². The molecule has 38 heavy (non-hydrogen) atoms. The molecule has 6 rings (SSSR count). The van der Waals surface area contributed by atoms with Crippen LogP contribution < -0.4 is 10.6 Å². The van der Waals surface area contributed by atoms with E-state index in [1.54, 1.807) is 24.4 Å². The summed E-state index contributed by atoms with van der Waals surface area (Å²) in [5, 5.41) is 16.5. The lowest BCUT2D eigenvalue weighted by atomic mass is 9.80. The number of amides is 2. The first-order valence-electron chi connectivity index (χ1n) is 13.5. The lowest BCUT2D eigenvalue weighted by Gasteiger charge is -2.42. The number of carbonyl (C=O) groups is 3. The molecule has 8 heteroatoms. The van der Waals surface area contributed by atoms with Crippen molar-refractivity contribution in [2.24, 2.45) is 11.8 Å². The summed E-state index contributed by atoms with van der Waals surface area (Å²) < 4.78 is 1.27. The normalized spacial score (nSPS) is 26.1. The molecule has 3 aromatic rings. The van der Waals surface area contributed by atoms with Gasteiger partial charge in [-0.15, -0.1) is 0 Å². The maximum atomic E-state index is 14.2. The first-order valence-corrected chi connectivity index (χ1v) is 13.5. The Balaban J connectivity index is 1.29. The zero-order valence-corrected chi connectivity index (χ0v) is 21.1. The second kappa shape index (κ2) is 10.0. The predicted molar refractivity (Wildman–Crippen MR) is 143 cm³/mol. The number of rotatable bonds is 4. The molecule has 2 fully saturated rings. The van der Waals surface area contributed by atoms with Crippen molar-refractivity contribution in [1.29, 1.82) is 0 Å². The van der Waals surface area contributed by atoms with E-state index in [4.69, 9.17) is 0 Å². The van der Waals surface area contributed by atoms with E-state index >= 15 is 0 Å². The van der Waals surface area contributed by atoms with Gasteiger partial charge in [0.15, 0.2) is 0 Å². The third-order valence-corrected chi connectivity index (χ3v) is 8.49. The van der Waals surface area contributed by atoms with Crippen LogP contribution in [0.2, 0.25) is 0 Å².